The molecule has 6 heteroatoms. The van der Waals surface area contributed by atoms with Gasteiger partial charge in [-0.1, -0.05) is 272 Å². The maximum atomic E-state index is 12.8. The summed E-state index contributed by atoms with van der Waals surface area (Å²) in [7, 11) is 0. The summed E-state index contributed by atoms with van der Waals surface area (Å²) in [4.78, 5) is 38.2. The number of hydrogen-bond acceptors (Lipinski definition) is 6. The lowest BCUT2D eigenvalue weighted by Gasteiger charge is -2.18. The van der Waals surface area contributed by atoms with Crippen molar-refractivity contribution in [2.75, 3.05) is 13.2 Å². The van der Waals surface area contributed by atoms with E-state index in [1.165, 1.54) is 141 Å². The van der Waals surface area contributed by atoms with E-state index in [1.807, 2.05) is 0 Å². The lowest BCUT2D eigenvalue weighted by atomic mass is 10.0. The predicted octanol–water partition coefficient (Wildman–Crippen LogP) is 22.0. The number of esters is 3. The highest BCUT2D eigenvalue weighted by Crippen LogP contribution is 2.16. The van der Waals surface area contributed by atoms with E-state index in [0.717, 1.165) is 128 Å². The predicted molar refractivity (Wildman–Crippen MR) is 330 cm³/mol. The van der Waals surface area contributed by atoms with Crippen molar-refractivity contribution in [3.63, 3.8) is 0 Å². The highest BCUT2D eigenvalue weighted by Gasteiger charge is 2.19. The summed E-state index contributed by atoms with van der Waals surface area (Å²) < 4.78 is 16.9. The van der Waals surface area contributed by atoms with E-state index in [4.69, 9.17) is 14.2 Å². The van der Waals surface area contributed by atoms with Gasteiger partial charge in [-0.25, -0.2) is 0 Å². The Kier molecular flexibility index (Phi) is 60.8. The van der Waals surface area contributed by atoms with Crippen LogP contribution >= 0.6 is 0 Å². The molecule has 6 nitrogen and oxygen atoms in total. The standard InChI is InChI=1S/C70H120O6/c1-4-7-10-13-16-19-22-25-26-27-28-29-30-31-32-33-34-35-36-37-38-39-40-41-42-43-44-46-48-51-54-57-60-63-69(72)75-66-67(65-74-68(71)62-59-56-53-50-47-24-21-18-15-12-9-6-3)76-70(73)64-61-58-55-52-49-45-23-20-17-14-11-8-5-2/h7,10-11,14,16,18-21,23,25-26,28-29,31-32,67H,4-6,8-9,12-13,15,17,22,24,27,30,33-66H2,1-3H3/b10-7-,14-11-,19-16-,21-18-,23-20-,26-25-,29-28-,32-31-. The first kappa shape index (κ1) is 72.3. The van der Waals surface area contributed by atoms with Gasteiger partial charge >= 0.3 is 17.9 Å². The molecule has 0 aromatic carbocycles. The largest absolute Gasteiger partial charge is 0.462 e. The summed E-state index contributed by atoms with van der Waals surface area (Å²) in [5.41, 5.74) is 0. The first-order valence-corrected chi connectivity index (χ1v) is 32.2. The normalized spacial score (nSPS) is 12.7. The van der Waals surface area contributed by atoms with Gasteiger partial charge < -0.3 is 14.2 Å². The van der Waals surface area contributed by atoms with Crippen molar-refractivity contribution in [2.24, 2.45) is 0 Å². The summed E-state index contributed by atoms with van der Waals surface area (Å²) in [6.45, 7) is 6.44. The van der Waals surface area contributed by atoms with Crippen molar-refractivity contribution in [3.8, 4) is 0 Å². The highest BCUT2D eigenvalue weighted by atomic mass is 16.6. The molecule has 0 saturated carbocycles. The molecule has 436 valence electrons. The second-order valence-corrected chi connectivity index (χ2v) is 21.3. The number of carbonyl (C=O) groups is 3. The summed E-state index contributed by atoms with van der Waals surface area (Å²) >= 11 is 0. The summed E-state index contributed by atoms with van der Waals surface area (Å²) in [6.07, 6.45) is 85.8. The molecule has 0 radical (unpaired) electrons. The van der Waals surface area contributed by atoms with Crippen molar-refractivity contribution >= 4 is 17.9 Å². The lowest BCUT2D eigenvalue weighted by molar-refractivity contribution is -0.167. The van der Waals surface area contributed by atoms with Crippen LogP contribution in [0.4, 0.5) is 0 Å². The molecule has 0 aromatic heterocycles. The number of hydrogen-bond donors (Lipinski definition) is 0. The molecular formula is C70H120O6. The molecule has 0 saturated heterocycles. The minimum Gasteiger partial charge on any atom is -0.462 e. The topological polar surface area (TPSA) is 78.9 Å². The average molecular weight is 1060 g/mol. The molecule has 0 rings (SSSR count). The van der Waals surface area contributed by atoms with E-state index >= 15 is 0 Å². The molecule has 0 fully saturated rings. The van der Waals surface area contributed by atoms with Gasteiger partial charge in [0.1, 0.15) is 13.2 Å². The molecule has 0 spiro atoms. The van der Waals surface area contributed by atoms with E-state index < -0.39 is 6.10 Å². The summed E-state index contributed by atoms with van der Waals surface area (Å²) in [6, 6.07) is 0. The Hall–Kier alpha value is -3.67. The highest BCUT2D eigenvalue weighted by molar-refractivity contribution is 5.71. The van der Waals surface area contributed by atoms with E-state index in [0.29, 0.717) is 19.3 Å². The quantitative estimate of drug-likeness (QED) is 0.0261. The van der Waals surface area contributed by atoms with Crippen molar-refractivity contribution in [1.82, 2.24) is 0 Å². The Bertz CT molecular complexity index is 1490. The smallest absolute Gasteiger partial charge is 0.306 e. The van der Waals surface area contributed by atoms with Gasteiger partial charge in [-0.15, -0.1) is 0 Å². The fraction of sp³-hybridized carbons (Fsp3) is 0.729. The number of rotatable bonds is 58. The fourth-order valence-electron chi connectivity index (χ4n) is 8.97. The van der Waals surface area contributed by atoms with Gasteiger partial charge in [0.25, 0.3) is 0 Å². The second-order valence-electron chi connectivity index (χ2n) is 21.3. The molecule has 0 aliphatic carbocycles. The van der Waals surface area contributed by atoms with E-state index in [2.05, 4.69) is 118 Å². The van der Waals surface area contributed by atoms with Gasteiger partial charge in [-0.3, -0.25) is 14.4 Å². The SMILES string of the molecule is CC/C=C\C/C=C\C/C=C\C/C=C\C/C=C\CCCCCCCCCCCCCCCCCCCC(=O)OCC(COC(=O)CCCCCCC/C=C\CCCCC)OC(=O)CCCCCCC/C=C\C/C=C\CCC. The fourth-order valence-corrected chi connectivity index (χ4v) is 8.97. The Morgan fingerprint density at radius 2 is 0.539 bits per heavy atom. The molecule has 0 aliphatic heterocycles. The number of ether oxygens (including phenoxy) is 3. The molecule has 76 heavy (non-hydrogen) atoms. The van der Waals surface area contributed by atoms with E-state index in [9.17, 15) is 14.4 Å². The molecular weight excluding hydrogens is 937 g/mol. The third-order valence-electron chi connectivity index (χ3n) is 13.8. The lowest BCUT2D eigenvalue weighted by Crippen LogP contribution is -2.30. The van der Waals surface area contributed by atoms with Crippen molar-refractivity contribution < 1.29 is 28.6 Å². The maximum Gasteiger partial charge on any atom is 0.306 e. The van der Waals surface area contributed by atoms with Crippen LogP contribution in [-0.4, -0.2) is 37.2 Å². The zero-order valence-corrected chi connectivity index (χ0v) is 50.0. The summed E-state index contributed by atoms with van der Waals surface area (Å²) in [5, 5.41) is 0. The molecule has 0 heterocycles. The molecule has 0 aliphatic rings. The van der Waals surface area contributed by atoms with Gasteiger partial charge in [-0.05, 0) is 116 Å². The van der Waals surface area contributed by atoms with E-state index in [-0.39, 0.29) is 31.1 Å². The van der Waals surface area contributed by atoms with Crippen molar-refractivity contribution in [2.45, 2.75) is 316 Å². The zero-order chi connectivity index (χ0) is 55.0. The average Bonchev–Trinajstić information content (AvgIpc) is 3.42. The van der Waals surface area contributed by atoms with Crippen molar-refractivity contribution in [1.29, 1.82) is 0 Å². The van der Waals surface area contributed by atoms with Gasteiger partial charge in [-0.2, -0.15) is 0 Å². The Balaban J connectivity index is 4.11. The third kappa shape index (κ3) is 61.2. The van der Waals surface area contributed by atoms with Crippen LogP contribution in [0, 0.1) is 0 Å². The van der Waals surface area contributed by atoms with Crippen LogP contribution in [0.5, 0.6) is 0 Å². The third-order valence-corrected chi connectivity index (χ3v) is 13.8. The number of carbonyl (C=O) groups excluding carboxylic acids is 3. The van der Waals surface area contributed by atoms with Gasteiger partial charge in [0.15, 0.2) is 6.10 Å². The monoisotopic (exact) mass is 1060 g/mol. The number of unbranched alkanes of at least 4 members (excludes halogenated alkanes) is 31. The first-order valence-electron chi connectivity index (χ1n) is 32.2. The van der Waals surface area contributed by atoms with Crippen molar-refractivity contribution in [3.05, 3.63) is 97.2 Å². The van der Waals surface area contributed by atoms with Crippen LogP contribution < -0.4 is 0 Å². The van der Waals surface area contributed by atoms with Gasteiger partial charge in [0, 0.05) is 19.3 Å². The van der Waals surface area contributed by atoms with Gasteiger partial charge in [0.2, 0.25) is 0 Å². The second kappa shape index (κ2) is 63.9. The Morgan fingerprint density at radius 3 is 0.868 bits per heavy atom. The summed E-state index contributed by atoms with van der Waals surface area (Å²) in [5.74, 6) is -0.898. The van der Waals surface area contributed by atoms with Crippen LogP contribution in [0.2, 0.25) is 0 Å². The minimum absolute atomic E-state index is 0.0830. The van der Waals surface area contributed by atoms with Crippen LogP contribution in [0.1, 0.15) is 310 Å². The molecule has 0 aromatic rings. The molecule has 0 N–H and O–H groups in total. The molecule has 1 unspecified atom stereocenters. The molecule has 0 bridgehead atoms. The zero-order valence-electron chi connectivity index (χ0n) is 50.0. The molecule has 0 amide bonds. The Morgan fingerprint density at radius 1 is 0.276 bits per heavy atom. The Labute approximate surface area is 470 Å². The maximum absolute atomic E-state index is 12.8. The molecule has 1 atom stereocenters. The first-order chi connectivity index (χ1) is 37.5. The van der Waals surface area contributed by atoms with Crippen LogP contribution in [0.3, 0.4) is 0 Å². The van der Waals surface area contributed by atoms with Gasteiger partial charge in [0.05, 0.1) is 0 Å². The van der Waals surface area contributed by atoms with Crippen LogP contribution in [0.15, 0.2) is 97.2 Å². The van der Waals surface area contributed by atoms with E-state index in [1.54, 1.807) is 0 Å². The number of allylic oxidation sites excluding steroid dienone is 16. The van der Waals surface area contributed by atoms with Crippen LogP contribution in [-0.2, 0) is 28.6 Å². The van der Waals surface area contributed by atoms with Crippen LogP contribution in [0.25, 0.3) is 0 Å². The minimum atomic E-state index is -0.786.